The molecule has 7 nitrogen and oxygen atoms in total. The highest BCUT2D eigenvalue weighted by Crippen LogP contribution is 2.18. The van der Waals surface area contributed by atoms with E-state index in [0.717, 1.165) is 6.42 Å². The molecule has 8 heteroatoms. The minimum atomic E-state index is -0.463. The number of hydrogen-bond acceptors (Lipinski definition) is 5. The first-order chi connectivity index (χ1) is 9.43. The maximum absolute atomic E-state index is 11.6. The summed E-state index contributed by atoms with van der Waals surface area (Å²) in [5.41, 5.74) is 0. The molecule has 20 heavy (non-hydrogen) atoms. The first-order valence-corrected chi connectivity index (χ1v) is 7.55. The molecule has 3 amide bonds. The molecule has 1 atom stereocenters. The van der Waals surface area contributed by atoms with Gasteiger partial charge in [-0.25, -0.2) is 4.79 Å². The number of imide groups is 1. The topological polar surface area (TPSA) is 88.9 Å². The van der Waals surface area contributed by atoms with Crippen LogP contribution >= 0.6 is 11.8 Å². The molecule has 1 rings (SSSR count). The molecule has 0 saturated heterocycles. The molecule has 2 N–H and O–H groups in total. The van der Waals surface area contributed by atoms with Gasteiger partial charge >= 0.3 is 6.03 Å². The van der Waals surface area contributed by atoms with Crippen molar-refractivity contribution in [1.82, 2.24) is 25.4 Å². The fourth-order valence-electron chi connectivity index (χ4n) is 1.34. The minimum Gasteiger partial charge on any atom is -0.335 e. The summed E-state index contributed by atoms with van der Waals surface area (Å²) in [6.45, 7) is 7.85. The average Bonchev–Trinajstić information content (AvgIpc) is 2.84. The van der Waals surface area contributed by atoms with Gasteiger partial charge in [0.15, 0.2) is 5.16 Å². The Morgan fingerprint density at radius 2 is 2.10 bits per heavy atom. The number of nitrogens with one attached hydrogen (secondary N) is 2. The van der Waals surface area contributed by atoms with Crippen LogP contribution in [0, 0.1) is 0 Å². The molecule has 0 unspecified atom stereocenters. The number of thioether (sulfide) groups is 1. The highest BCUT2D eigenvalue weighted by atomic mass is 32.2. The van der Waals surface area contributed by atoms with Crippen molar-refractivity contribution in [2.75, 3.05) is 5.75 Å². The Morgan fingerprint density at radius 1 is 1.40 bits per heavy atom. The van der Waals surface area contributed by atoms with Gasteiger partial charge in [-0.05, 0) is 27.2 Å². The van der Waals surface area contributed by atoms with Crippen LogP contribution in [-0.2, 0) is 4.79 Å². The second-order valence-corrected chi connectivity index (χ2v) is 5.68. The SMILES string of the molecule is CC[C@H](C)NC(=O)NC(=O)CSc1nncn1C(C)C. The van der Waals surface area contributed by atoms with Crippen molar-refractivity contribution < 1.29 is 9.59 Å². The van der Waals surface area contributed by atoms with E-state index in [-0.39, 0.29) is 23.7 Å². The lowest BCUT2D eigenvalue weighted by atomic mass is 10.3. The molecule has 0 aliphatic rings. The Balaban J connectivity index is 2.40. The van der Waals surface area contributed by atoms with Gasteiger partial charge in [-0.2, -0.15) is 0 Å². The maximum atomic E-state index is 11.6. The number of urea groups is 1. The Hall–Kier alpha value is -1.57. The molecule has 1 aromatic rings. The van der Waals surface area contributed by atoms with Crippen LogP contribution in [0.2, 0.25) is 0 Å². The highest BCUT2D eigenvalue weighted by molar-refractivity contribution is 7.99. The van der Waals surface area contributed by atoms with E-state index in [0.29, 0.717) is 5.16 Å². The van der Waals surface area contributed by atoms with E-state index in [1.165, 1.54) is 11.8 Å². The molecule has 0 bridgehead atoms. The molecule has 0 fully saturated rings. The summed E-state index contributed by atoms with van der Waals surface area (Å²) in [6, 6.07) is -0.195. The average molecular weight is 299 g/mol. The third-order valence-corrected chi connectivity index (χ3v) is 3.63. The monoisotopic (exact) mass is 299 g/mol. The summed E-state index contributed by atoms with van der Waals surface area (Å²) in [6.07, 6.45) is 2.44. The summed E-state index contributed by atoms with van der Waals surface area (Å²) < 4.78 is 1.87. The van der Waals surface area contributed by atoms with E-state index >= 15 is 0 Å². The van der Waals surface area contributed by atoms with Gasteiger partial charge in [0.05, 0.1) is 5.75 Å². The second kappa shape index (κ2) is 7.88. The highest BCUT2D eigenvalue weighted by Gasteiger charge is 2.13. The summed E-state index contributed by atoms with van der Waals surface area (Å²) in [5.74, 6) is -0.228. The van der Waals surface area contributed by atoms with E-state index in [4.69, 9.17) is 0 Å². The first-order valence-electron chi connectivity index (χ1n) is 6.56. The van der Waals surface area contributed by atoms with Gasteiger partial charge in [-0.1, -0.05) is 18.7 Å². The normalized spacial score (nSPS) is 12.2. The standard InChI is InChI=1S/C12H21N5O2S/c1-5-9(4)14-11(19)15-10(18)6-20-12-16-13-7-17(12)8(2)3/h7-9H,5-6H2,1-4H3,(H2,14,15,18,19)/t9-/m0/s1. The van der Waals surface area contributed by atoms with Gasteiger partial charge in [0, 0.05) is 12.1 Å². The van der Waals surface area contributed by atoms with Crippen molar-refractivity contribution >= 4 is 23.7 Å². The molecule has 0 aromatic carbocycles. The van der Waals surface area contributed by atoms with Crippen LogP contribution in [0.3, 0.4) is 0 Å². The van der Waals surface area contributed by atoms with Crippen molar-refractivity contribution in [3.63, 3.8) is 0 Å². The Labute approximate surface area is 122 Å². The summed E-state index contributed by atoms with van der Waals surface area (Å²) in [7, 11) is 0. The predicted molar refractivity (Wildman–Crippen MR) is 77.6 cm³/mol. The number of carbonyl (C=O) groups excluding carboxylic acids is 2. The van der Waals surface area contributed by atoms with E-state index < -0.39 is 6.03 Å². The van der Waals surface area contributed by atoms with E-state index in [9.17, 15) is 9.59 Å². The minimum absolute atomic E-state index is 0.0412. The Bertz CT molecular complexity index is 460. The summed E-state index contributed by atoms with van der Waals surface area (Å²) in [4.78, 5) is 23.1. The fraction of sp³-hybridized carbons (Fsp3) is 0.667. The zero-order valence-corrected chi connectivity index (χ0v) is 13.0. The van der Waals surface area contributed by atoms with Crippen LogP contribution in [0.25, 0.3) is 0 Å². The molecule has 0 radical (unpaired) electrons. The van der Waals surface area contributed by atoms with Gasteiger partial charge in [0.2, 0.25) is 5.91 Å². The van der Waals surface area contributed by atoms with Crippen LogP contribution < -0.4 is 10.6 Å². The summed E-state index contributed by atoms with van der Waals surface area (Å²) >= 11 is 1.25. The molecule has 1 aromatic heterocycles. The number of hydrogen-bond donors (Lipinski definition) is 2. The lowest BCUT2D eigenvalue weighted by Gasteiger charge is -2.12. The molecule has 112 valence electrons. The molecule has 0 saturated carbocycles. The van der Waals surface area contributed by atoms with Crippen molar-refractivity contribution in [3.05, 3.63) is 6.33 Å². The van der Waals surface area contributed by atoms with Crippen LogP contribution in [-0.4, -0.2) is 38.5 Å². The van der Waals surface area contributed by atoms with E-state index in [2.05, 4.69) is 20.8 Å². The van der Waals surface area contributed by atoms with Crippen molar-refractivity contribution in [2.45, 2.75) is 51.4 Å². The predicted octanol–water partition coefficient (Wildman–Crippen LogP) is 1.58. The second-order valence-electron chi connectivity index (χ2n) is 4.73. The largest absolute Gasteiger partial charge is 0.335 e. The third kappa shape index (κ3) is 5.20. The molecular weight excluding hydrogens is 278 g/mol. The van der Waals surface area contributed by atoms with Gasteiger partial charge in [-0.15, -0.1) is 10.2 Å². The van der Waals surface area contributed by atoms with Crippen LogP contribution in [0.5, 0.6) is 0 Å². The van der Waals surface area contributed by atoms with Crippen LogP contribution in [0.4, 0.5) is 4.79 Å². The molecule has 1 heterocycles. The maximum Gasteiger partial charge on any atom is 0.321 e. The lowest BCUT2D eigenvalue weighted by Crippen LogP contribution is -2.43. The fourth-order valence-corrected chi connectivity index (χ4v) is 2.19. The number of rotatable bonds is 6. The van der Waals surface area contributed by atoms with Crippen molar-refractivity contribution in [2.24, 2.45) is 0 Å². The zero-order valence-electron chi connectivity index (χ0n) is 12.2. The van der Waals surface area contributed by atoms with E-state index in [1.807, 2.05) is 32.3 Å². The number of amides is 3. The van der Waals surface area contributed by atoms with Gasteiger partial charge < -0.3 is 9.88 Å². The van der Waals surface area contributed by atoms with E-state index in [1.54, 1.807) is 6.33 Å². The number of aromatic nitrogens is 3. The molecule has 0 aliphatic carbocycles. The first kappa shape index (κ1) is 16.5. The summed E-state index contributed by atoms with van der Waals surface area (Å²) in [5, 5.41) is 13.4. The van der Waals surface area contributed by atoms with Crippen LogP contribution in [0.1, 0.15) is 40.2 Å². The van der Waals surface area contributed by atoms with Gasteiger partial charge in [-0.3, -0.25) is 10.1 Å². The quantitative estimate of drug-likeness (QED) is 0.778. The lowest BCUT2D eigenvalue weighted by molar-refractivity contribution is -0.117. The molecule has 0 aliphatic heterocycles. The zero-order chi connectivity index (χ0) is 15.1. The van der Waals surface area contributed by atoms with Gasteiger partial charge in [0.25, 0.3) is 0 Å². The Morgan fingerprint density at radius 3 is 2.70 bits per heavy atom. The molecular formula is C12H21N5O2S. The van der Waals surface area contributed by atoms with Crippen molar-refractivity contribution in [3.8, 4) is 0 Å². The smallest absolute Gasteiger partial charge is 0.321 e. The van der Waals surface area contributed by atoms with Crippen LogP contribution in [0.15, 0.2) is 11.5 Å². The van der Waals surface area contributed by atoms with Crippen molar-refractivity contribution in [1.29, 1.82) is 0 Å². The Kier molecular flexibility index (Phi) is 6.50. The molecule has 0 spiro atoms. The van der Waals surface area contributed by atoms with Gasteiger partial charge in [0.1, 0.15) is 6.33 Å². The third-order valence-electron chi connectivity index (χ3n) is 2.67. The number of nitrogens with zero attached hydrogens (tertiary/aromatic N) is 3. The number of carbonyl (C=O) groups is 2.